The van der Waals surface area contributed by atoms with Gasteiger partial charge < -0.3 is 9.47 Å². The molecule has 2 rings (SSSR count). The van der Waals surface area contributed by atoms with Crippen LogP contribution in [-0.4, -0.2) is 6.36 Å². The topological polar surface area (TPSA) is 18.5 Å². The molecule has 0 aromatic heterocycles. The standard InChI is InChI=1S/C15H8ClF3O2/c1-2-10-3-5-11(6-4-10)20-12-7-8-14(13(16)9-12)21-15(17,18)19/h1,3-9H. The summed E-state index contributed by atoms with van der Waals surface area (Å²) in [6.07, 6.45) is 0.431. The van der Waals surface area contributed by atoms with Crippen LogP contribution in [-0.2, 0) is 0 Å². The summed E-state index contributed by atoms with van der Waals surface area (Å²) in [5, 5.41) is -0.204. The first kappa shape index (κ1) is 15.1. The van der Waals surface area contributed by atoms with Crippen molar-refractivity contribution in [3.63, 3.8) is 0 Å². The molecule has 0 saturated heterocycles. The van der Waals surface area contributed by atoms with Crippen LogP contribution in [0.1, 0.15) is 5.56 Å². The smallest absolute Gasteiger partial charge is 0.457 e. The molecule has 0 heterocycles. The first-order valence-corrected chi connectivity index (χ1v) is 6.05. The van der Waals surface area contributed by atoms with Gasteiger partial charge in [-0.15, -0.1) is 19.6 Å². The number of rotatable bonds is 3. The second-order valence-corrected chi connectivity index (χ2v) is 4.32. The second-order valence-electron chi connectivity index (χ2n) is 3.91. The van der Waals surface area contributed by atoms with Gasteiger partial charge in [0.15, 0.2) is 0 Å². The SMILES string of the molecule is C#Cc1ccc(Oc2ccc(OC(F)(F)F)c(Cl)c2)cc1. The van der Waals surface area contributed by atoms with Gasteiger partial charge in [-0.2, -0.15) is 0 Å². The Balaban J connectivity index is 2.14. The quantitative estimate of drug-likeness (QED) is 0.742. The summed E-state index contributed by atoms with van der Waals surface area (Å²) in [6, 6.07) is 10.3. The van der Waals surface area contributed by atoms with E-state index in [2.05, 4.69) is 10.7 Å². The minimum absolute atomic E-state index is 0.204. The third-order valence-electron chi connectivity index (χ3n) is 2.39. The largest absolute Gasteiger partial charge is 0.573 e. The van der Waals surface area contributed by atoms with Crippen LogP contribution in [0.4, 0.5) is 13.2 Å². The molecule has 0 saturated carbocycles. The van der Waals surface area contributed by atoms with E-state index in [1.54, 1.807) is 24.3 Å². The highest BCUT2D eigenvalue weighted by atomic mass is 35.5. The summed E-state index contributed by atoms with van der Waals surface area (Å²) >= 11 is 5.72. The van der Waals surface area contributed by atoms with Gasteiger partial charge in [-0.1, -0.05) is 17.5 Å². The van der Waals surface area contributed by atoms with Gasteiger partial charge in [-0.05, 0) is 36.4 Å². The summed E-state index contributed by atoms with van der Waals surface area (Å²) in [7, 11) is 0. The van der Waals surface area contributed by atoms with Crippen molar-refractivity contribution >= 4 is 11.6 Å². The molecule has 0 aliphatic carbocycles. The van der Waals surface area contributed by atoms with Crippen molar-refractivity contribution in [2.75, 3.05) is 0 Å². The third kappa shape index (κ3) is 4.33. The Labute approximate surface area is 124 Å². The molecule has 21 heavy (non-hydrogen) atoms. The Hall–Kier alpha value is -2.32. The minimum Gasteiger partial charge on any atom is -0.457 e. The van der Waals surface area contributed by atoms with Gasteiger partial charge in [-0.3, -0.25) is 0 Å². The summed E-state index contributed by atoms with van der Waals surface area (Å²) in [5.74, 6) is 2.73. The predicted molar refractivity (Wildman–Crippen MR) is 72.6 cm³/mol. The lowest BCUT2D eigenvalue weighted by atomic mass is 10.2. The zero-order valence-corrected chi connectivity index (χ0v) is 11.2. The molecule has 2 aromatic carbocycles. The summed E-state index contributed by atoms with van der Waals surface area (Å²) in [4.78, 5) is 0. The Bertz CT molecular complexity index is 673. The van der Waals surface area contributed by atoms with Crippen LogP contribution in [0.5, 0.6) is 17.2 Å². The molecule has 0 spiro atoms. The van der Waals surface area contributed by atoms with Crippen molar-refractivity contribution in [2.45, 2.75) is 6.36 Å². The lowest BCUT2D eigenvalue weighted by Crippen LogP contribution is -2.17. The van der Waals surface area contributed by atoms with Crippen LogP contribution in [0.15, 0.2) is 42.5 Å². The first-order chi connectivity index (χ1) is 9.87. The van der Waals surface area contributed by atoms with E-state index in [4.69, 9.17) is 22.8 Å². The van der Waals surface area contributed by atoms with Crippen LogP contribution in [0.2, 0.25) is 5.02 Å². The molecule has 0 fully saturated rings. The molecule has 0 aliphatic heterocycles. The van der Waals surface area contributed by atoms with Gasteiger partial charge in [-0.25, -0.2) is 0 Å². The molecule has 0 unspecified atom stereocenters. The van der Waals surface area contributed by atoms with Gasteiger partial charge in [0.1, 0.15) is 17.2 Å². The molecule has 0 N–H and O–H groups in total. The van der Waals surface area contributed by atoms with Gasteiger partial charge in [0.2, 0.25) is 0 Å². The maximum atomic E-state index is 12.1. The summed E-state index contributed by atoms with van der Waals surface area (Å²) in [6.45, 7) is 0. The molecule has 0 radical (unpaired) electrons. The fourth-order valence-electron chi connectivity index (χ4n) is 1.51. The molecule has 108 valence electrons. The van der Waals surface area contributed by atoms with Crippen molar-refractivity contribution in [3.05, 3.63) is 53.1 Å². The van der Waals surface area contributed by atoms with E-state index in [1.165, 1.54) is 12.1 Å². The van der Waals surface area contributed by atoms with Crippen LogP contribution in [0.3, 0.4) is 0 Å². The van der Waals surface area contributed by atoms with Gasteiger partial charge >= 0.3 is 6.36 Å². The number of alkyl halides is 3. The summed E-state index contributed by atoms with van der Waals surface area (Å²) in [5.41, 5.74) is 0.689. The van der Waals surface area contributed by atoms with E-state index in [1.807, 2.05) is 0 Å². The van der Waals surface area contributed by atoms with E-state index >= 15 is 0 Å². The average Bonchev–Trinajstić information content (AvgIpc) is 2.41. The summed E-state index contributed by atoms with van der Waals surface area (Å²) < 4.78 is 45.5. The van der Waals surface area contributed by atoms with Crippen molar-refractivity contribution in [1.29, 1.82) is 0 Å². The second kappa shape index (κ2) is 5.98. The molecular weight excluding hydrogens is 305 g/mol. The Kier molecular flexibility index (Phi) is 4.29. The zero-order valence-electron chi connectivity index (χ0n) is 10.4. The number of hydrogen-bond acceptors (Lipinski definition) is 2. The van der Waals surface area contributed by atoms with E-state index in [0.29, 0.717) is 11.3 Å². The maximum absolute atomic E-state index is 12.1. The molecule has 0 aliphatic rings. The molecule has 6 heteroatoms. The van der Waals surface area contributed by atoms with Gasteiger partial charge in [0.25, 0.3) is 0 Å². The Morgan fingerprint density at radius 2 is 1.62 bits per heavy atom. The van der Waals surface area contributed by atoms with Crippen LogP contribution in [0.25, 0.3) is 0 Å². The van der Waals surface area contributed by atoms with Crippen molar-refractivity contribution < 1.29 is 22.6 Å². The minimum atomic E-state index is -4.79. The van der Waals surface area contributed by atoms with Crippen LogP contribution < -0.4 is 9.47 Å². The van der Waals surface area contributed by atoms with Gasteiger partial charge in [0.05, 0.1) is 5.02 Å². The van der Waals surface area contributed by atoms with E-state index < -0.39 is 12.1 Å². The number of terminal acetylenes is 1. The number of ether oxygens (including phenoxy) is 2. The normalized spacial score (nSPS) is 10.8. The monoisotopic (exact) mass is 312 g/mol. The molecule has 0 atom stereocenters. The van der Waals surface area contributed by atoms with E-state index in [0.717, 1.165) is 6.07 Å². The highest BCUT2D eigenvalue weighted by Gasteiger charge is 2.32. The van der Waals surface area contributed by atoms with E-state index in [-0.39, 0.29) is 10.8 Å². The van der Waals surface area contributed by atoms with Crippen LogP contribution in [0, 0.1) is 12.3 Å². The van der Waals surface area contributed by atoms with E-state index in [9.17, 15) is 13.2 Å². The zero-order chi connectivity index (χ0) is 15.5. The molecule has 2 nitrogen and oxygen atoms in total. The molecule has 2 aromatic rings. The van der Waals surface area contributed by atoms with Crippen molar-refractivity contribution in [3.8, 4) is 29.6 Å². The van der Waals surface area contributed by atoms with Crippen LogP contribution >= 0.6 is 11.6 Å². The average molecular weight is 313 g/mol. The van der Waals surface area contributed by atoms with Crippen molar-refractivity contribution in [1.82, 2.24) is 0 Å². The number of hydrogen-bond donors (Lipinski definition) is 0. The highest BCUT2D eigenvalue weighted by Crippen LogP contribution is 2.34. The fourth-order valence-corrected chi connectivity index (χ4v) is 1.72. The third-order valence-corrected chi connectivity index (χ3v) is 2.68. The van der Waals surface area contributed by atoms with Crippen molar-refractivity contribution in [2.24, 2.45) is 0 Å². The first-order valence-electron chi connectivity index (χ1n) is 5.67. The Morgan fingerprint density at radius 3 is 2.14 bits per heavy atom. The highest BCUT2D eigenvalue weighted by molar-refractivity contribution is 6.32. The fraction of sp³-hybridized carbons (Fsp3) is 0.0667. The lowest BCUT2D eigenvalue weighted by Gasteiger charge is -2.12. The van der Waals surface area contributed by atoms with Gasteiger partial charge in [0, 0.05) is 11.6 Å². The number of halogens is 4. The predicted octanol–water partition coefficient (Wildman–Crippen LogP) is 5.01. The lowest BCUT2D eigenvalue weighted by molar-refractivity contribution is -0.274. The maximum Gasteiger partial charge on any atom is 0.573 e. The molecule has 0 bridgehead atoms. The molecule has 0 amide bonds. The Morgan fingerprint density at radius 1 is 1.00 bits per heavy atom. The number of benzene rings is 2. The molecular formula is C15H8ClF3O2.